The second-order valence-corrected chi connectivity index (χ2v) is 2.68. The fourth-order valence-corrected chi connectivity index (χ4v) is 1.61. The Labute approximate surface area is 48.5 Å². The summed E-state index contributed by atoms with van der Waals surface area (Å²) in [5.74, 6) is 0. The molecule has 0 radical (unpaired) electrons. The van der Waals surface area contributed by atoms with Crippen LogP contribution in [0.1, 0.15) is 19.3 Å². The third-order valence-corrected chi connectivity index (χ3v) is 2.07. The largest absolute Gasteiger partial charge is 0.390 e. The molecule has 3 atom stereocenters. The molecule has 2 aliphatic heterocycles. The molecule has 0 aliphatic carbocycles. The second kappa shape index (κ2) is 1.45. The van der Waals surface area contributed by atoms with Crippen LogP contribution < -0.4 is 0 Å². The Morgan fingerprint density at radius 2 is 2.25 bits per heavy atom. The summed E-state index contributed by atoms with van der Waals surface area (Å²) < 4.78 is 5.33. The minimum atomic E-state index is -0.145. The Kier molecular flexibility index (Phi) is 0.866. The van der Waals surface area contributed by atoms with E-state index < -0.39 is 0 Å². The van der Waals surface area contributed by atoms with Crippen LogP contribution in [-0.4, -0.2) is 23.4 Å². The van der Waals surface area contributed by atoms with E-state index in [2.05, 4.69) is 0 Å². The molecule has 0 amide bonds. The molecule has 0 aromatic carbocycles. The summed E-state index contributed by atoms with van der Waals surface area (Å²) in [6.45, 7) is 0. The lowest BCUT2D eigenvalue weighted by Crippen LogP contribution is -2.20. The first kappa shape index (κ1) is 4.77. The first-order chi connectivity index (χ1) is 3.86. The Hall–Kier alpha value is -0.0800. The molecule has 0 saturated carbocycles. The number of aliphatic hydroxyl groups excluding tert-OH is 1. The Morgan fingerprint density at radius 3 is 2.50 bits per heavy atom. The van der Waals surface area contributed by atoms with Crippen molar-refractivity contribution in [2.24, 2.45) is 0 Å². The zero-order chi connectivity index (χ0) is 5.56. The van der Waals surface area contributed by atoms with E-state index in [4.69, 9.17) is 9.84 Å². The maximum Gasteiger partial charge on any atom is 0.0839 e. The van der Waals surface area contributed by atoms with E-state index in [1.165, 1.54) is 6.42 Å². The van der Waals surface area contributed by atoms with Crippen LogP contribution in [0.5, 0.6) is 0 Å². The highest BCUT2D eigenvalue weighted by molar-refractivity contribution is 4.88. The van der Waals surface area contributed by atoms with Gasteiger partial charge >= 0.3 is 0 Å². The van der Waals surface area contributed by atoms with E-state index in [1.54, 1.807) is 0 Å². The van der Waals surface area contributed by atoms with Crippen molar-refractivity contribution < 1.29 is 9.84 Å². The van der Waals surface area contributed by atoms with Gasteiger partial charge in [0.15, 0.2) is 0 Å². The number of hydrogen-bond acceptors (Lipinski definition) is 2. The van der Waals surface area contributed by atoms with Crippen LogP contribution in [0.2, 0.25) is 0 Å². The quantitative estimate of drug-likeness (QED) is 0.490. The molecule has 2 nitrogen and oxygen atoms in total. The van der Waals surface area contributed by atoms with Gasteiger partial charge < -0.3 is 9.84 Å². The molecule has 2 heteroatoms. The first-order valence-corrected chi connectivity index (χ1v) is 3.20. The molecule has 2 aliphatic rings. The van der Waals surface area contributed by atoms with Crippen LogP contribution in [0.25, 0.3) is 0 Å². The lowest BCUT2D eigenvalue weighted by Gasteiger charge is -2.10. The normalized spacial score (nSPS) is 52.9. The average Bonchev–Trinajstić information content (AvgIpc) is 2.23. The molecule has 0 aromatic rings. The van der Waals surface area contributed by atoms with Crippen LogP contribution in [0, 0.1) is 0 Å². The molecule has 2 fully saturated rings. The van der Waals surface area contributed by atoms with Crippen molar-refractivity contribution in [1.29, 1.82) is 0 Å². The van der Waals surface area contributed by atoms with Crippen molar-refractivity contribution in [3.05, 3.63) is 0 Å². The van der Waals surface area contributed by atoms with Crippen molar-refractivity contribution in [2.75, 3.05) is 0 Å². The molecule has 2 heterocycles. The van der Waals surface area contributed by atoms with Crippen LogP contribution in [0.4, 0.5) is 0 Å². The van der Waals surface area contributed by atoms with Crippen molar-refractivity contribution in [3.8, 4) is 0 Å². The number of fused-ring (bicyclic) bond motifs is 2. The Balaban J connectivity index is 2.11. The first-order valence-electron chi connectivity index (χ1n) is 3.20. The Morgan fingerprint density at radius 1 is 1.38 bits per heavy atom. The summed E-state index contributed by atoms with van der Waals surface area (Å²) in [4.78, 5) is 0. The summed E-state index contributed by atoms with van der Waals surface area (Å²) >= 11 is 0. The third-order valence-electron chi connectivity index (χ3n) is 2.07. The lowest BCUT2D eigenvalue weighted by atomic mass is 9.98. The second-order valence-electron chi connectivity index (χ2n) is 2.68. The highest BCUT2D eigenvalue weighted by Gasteiger charge is 2.39. The SMILES string of the molecule is O[C@H]1C[C@H]2CC[C@@H]1O2. The maximum atomic E-state index is 9.09. The van der Waals surface area contributed by atoms with Crippen LogP contribution in [-0.2, 0) is 4.74 Å². The van der Waals surface area contributed by atoms with E-state index in [9.17, 15) is 0 Å². The van der Waals surface area contributed by atoms with E-state index >= 15 is 0 Å². The fraction of sp³-hybridized carbons (Fsp3) is 1.00. The number of ether oxygens (including phenoxy) is 1. The molecule has 0 aromatic heterocycles. The van der Waals surface area contributed by atoms with Gasteiger partial charge in [-0.05, 0) is 12.8 Å². The molecule has 2 bridgehead atoms. The lowest BCUT2D eigenvalue weighted by molar-refractivity contribution is 0.0536. The zero-order valence-corrected chi connectivity index (χ0v) is 4.71. The molecule has 2 saturated heterocycles. The number of hydrogen-bond donors (Lipinski definition) is 1. The topological polar surface area (TPSA) is 29.5 Å². The minimum absolute atomic E-state index is 0.145. The van der Waals surface area contributed by atoms with Gasteiger partial charge in [0.25, 0.3) is 0 Å². The Bertz CT molecular complexity index is 101. The van der Waals surface area contributed by atoms with Gasteiger partial charge in [0.2, 0.25) is 0 Å². The predicted molar refractivity (Wildman–Crippen MR) is 28.5 cm³/mol. The molecule has 0 spiro atoms. The summed E-state index contributed by atoms with van der Waals surface area (Å²) in [6.07, 6.45) is 3.57. The average molecular weight is 114 g/mol. The van der Waals surface area contributed by atoms with Gasteiger partial charge in [-0.15, -0.1) is 0 Å². The smallest absolute Gasteiger partial charge is 0.0839 e. The maximum absolute atomic E-state index is 9.09. The summed E-state index contributed by atoms with van der Waals surface area (Å²) in [5.41, 5.74) is 0. The van der Waals surface area contributed by atoms with Gasteiger partial charge in [0, 0.05) is 6.42 Å². The van der Waals surface area contributed by atoms with E-state index in [1.807, 2.05) is 0 Å². The fourth-order valence-electron chi connectivity index (χ4n) is 1.61. The molecule has 2 rings (SSSR count). The van der Waals surface area contributed by atoms with Crippen LogP contribution in [0.15, 0.2) is 0 Å². The van der Waals surface area contributed by atoms with Gasteiger partial charge in [-0.1, -0.05) is 0 Å². The van der Waals surface area contributed by atoms with E-state index in [-0.39, 0.29) is 12.2 Å². The highest BCUT2D eigenvalue weighted by atomic mass is 16.5. The van der Waals surface area contributed by atoms with Crippen LogP contribution in [0.3, 0.4) is 0 Å². The molecule has 0 unspecified atom stereocenters. The standard InChI is InChI=1S/C6H10O2/c7-5-3-4-1-2-6(5)8-4/h4-7H,1-3H2/t4-,5+,6+/m1/s1. The highest BCUT2D eigenvalue weighted by Crippen LogP contribution is 2.33. The summed E-state index contributed by atoms with van der Waals surface area (Å²) in [5, 5.41) is 9.09. The molecule has 46 valence electrons. The minimum Gasteiger partial charge on any atom is -0.390 e. The van der Waals surface area contributed by atoms with E-state index in [0.717, 1.165) is 12.8 Å². The van der Waals surface area contributed by atoms with Gasteiger partial charge in [0.1, 0.15) is 0 Å². The predicted octanol–water partition coefficient (Wildman–Crippen LogP) is 0.299. The summed E-state index contributed by atoms with van der Waals surface area (Å²) in [7, 11) is 0. The van der Waals surface area contributed by atoms with Crippen molar-refractivity contribution in [2.45, 2.75) is 37.6 Å². The van der Waals surface area contributed by atoms with Gasteiger partial charge in [0.05, 0.1) is 18.3 Å². The van der Waals surface area contributed by atoms with Gasteiger partial charge in [-0.3, -0.25) is 0 Å². The molecular weight excluding hydrogens is 104 g/mol. The zero-order valence-electron chi connectivity index (χ0n) is 4.71. The molecule has 1 N–H and O–H groups in total. The third kappa shape index (κ3) is 0.501. The van der Waals surface area contributed by atoms with Gasteiger partial charge in [-0.2, -0.15) is 0 Å². The number of rotatable bonds is 0. The van der Waals surface area contributed by atoms with Gasteiger partial charge in [-0.25, -0.2) is 0 Å². The van der Waals surface area contributed by atoms with Crippen molar-refractivity contribution in [3.63, 3.8) is 0 Å². The van der Waals surface area contributed by atoms with E-state index in [0.29, 0.717) is 6.10 Å². The molecular formula is C6H10O2. The monoisotopic (exact) mass is 114 g/mol. The summed E-state index contributed by atoms with van der Waals surface area (Å²) in [6, 6.07) is 0. The molecule has 8 heavy (non-hydrogen) atoms. The van der Waals surface area contributed by atoms with Crippen molar-refractivity contribution in [1.82, 2.24) is 0 Å². The van der Waals surface area contributed by atoms with Crippen molar-refractivity contribution >= 4 is 0 Å². The van der Waals surface area contributed by atoms with Crippen LogP contribution >= 0.6 is 0 Å². The number of aliphatic hydroxyl groups is 1.